The molecule has 0 saturated carbocycles. The maximum Gasteiger partial charge on any atom is 0.143 e. The summed E-state index contributed by atoms with van der Waals surface area (Å²) in [6.07, 6.45) is 15.8. The molecule has 0 spiro atoms. The SMILES string of the molecule is C/C=C(CCCC=C=CC(C)=NS1(C)CCCC1c1ccccc1F)\C(C)=C/C=O. The number of hydrogen-bond donors (Lipinski definition) is 0. The number of hydrogen-bond acceptors (Lipinski definition) is 2. The summed E-state index contributed by atoms with van der Waals surface area (Å²) < 4.78 is 19.4. The van der Waals surface area contributed by atoms with E-state index in [0.717, 1.165) is 61.0 Å². The van der Waals surface area contributed by atoms with Gasteiger partial charge in [-0.05, 0) is 94.2 Å². The highest BCUT2D eigenvalue weighted by molar-refractivity contribution is 8.32. The van der Waals surface area contributed by atoms with Crippen LogP contribution in [0.3, 0.4) is 0 Å². The zero-order valence-corrected chi connectivity index (χ0v) is 19.5. The van der Waals surface area contributed by atoms with E-state index in [0.29, 0.717) is 0 Å². The predicted octanol–water partition coefficient (Wildman–Crippen LogP) is 7.44. The molecule has 4 heteroatoms. The highest BCUT2D eigenvalue weighted by Crippen LogP contribution is 2.65. The van der Waals surface area contributed by atoms with Crippen LogP contribution in [0.1, 0.15) is 63.7 Å². The van der Waals surface area contributed by atoms with Crippen molar-refractivity contribution in [1.29, 1.82) is 0 Å². The van der Waals surface area contributed by atoms with Crippen molar-refractivity contribution >= 4 is 22.2 Å². The fourth-order valence-electron chi connectivity index (χ4n) is 4.02. The smallest absolute Gasteiger partial charge is 0.143 e. The van der Waals surface area contributed by atoms with E-state index >= 15 is 0 Å². The molecule has 2 rings (SSSR count). The lowest BCUT2D eigenvalue weighted by Crippen LogP contribution is -2.07. The molecule has 1 aliphatic heterocycles. The van der Waals surface area contributed by atoms with Gasteiger partial charge in [0.05, 0.1) is 5.71 Å². The van der Waals surface area contributed by atoms with Gasteiger partial charge in [-0.2, -0.15) is 0 Å². The van der Waals surface area contributed by atoms with Crippen molar-refractivity contribution in [3.05, 3.63) is 76.8 Å². The van der Waals surface area contributed by atoms with Crippen molar-refractivity contribution in [3.8, 4) is 0 Å². The molecule has 2 atom stereocenters. The molecule has 0 aromatic heterocycles. The number of nitrogens with zero attached hydrogens (tertiary/aromatic N) is 1. The summed E-state index contributed by atoms with van der Waals surface area (Å²) in [5.41, 5.74) is 7.29. The summed E-state index contributed by atoms with van der Waals surface area (Å²) in [4.78, 5) is 10.6. The molecular weight excluding hydrogens is 393 g/mol. The number of benzene rings is 1. The average Bonchev–Trinajstić information content (AvgIpc) is 3.08. The normalized spacial score (nSPS) is 24.7. The lowest BCUT2D eigenvalue weighted by atomic mass is 10.0. The Morgan fingerprint density at radius 2 is 2.10 bits per heavy atom. The molecule has 0 bridgehead atoms. The van der Waals surface area contributed by atoms with Crippen LogP contribution < -0.4 is 0 Å². The number of allylic oxidation sites excluding steroid dienone is 5. The Balaban J connectivity index is 1.98. The van der Waals surface area contributed by atoms with E-state index in [1.807, 2.05) is 45.1 Å². The third kappa shape index (κ3) is 6.68. The Morgan fingerprint density at radius 3 is 2.80 bits per heavy atom. The van der Waals surface area contributed by atoms with E-state index in [4.69, 9.17) is 4.40 Å². The van der Waals surface area contributed by atoms with Crippen LogP contribution in [0.25, 0.3) is 0 Å². The van der Waals surface area contributed by atoms with Gasteiger partial charge in [0.15, 0.2) is 0 Å². The van der Waals surface area contributed by atoms with Gasteiger partial charge in [-0.1, -0.05) is 24.3 Å². The summed E-state index contributed by atoms with van der Waals surface area (Å²) in [5.74, 6) is 0.950. The Kier molecular flexibility index (Phi) is 9.55. The maximum atomic E-state index is 14.3. The summed E-state index contributed by atoms with van der Waals surface area (Å²) in [5, 5.41) is 0.202. The van der Waals surface area contributed by atoms with E-state index in [2.05, 4.69) is 18.1 Å². The van der Waals surface area contributed by atoms with Crippen LogP contribution in [0, 0.1) is 5.82 Å². The largest absolute Gasteiger partial charge is 0.299 e. The standard InChI is InChI=1S/C26H34FNOS/c1-5-23(21(2)18-19-29)14-9-7-6-8-13-22(3)28-30(4)20-12-17-26(30)24-15-10-11-16-25(24)27/h5-6,10-11,13,15-16,18-19,26H,7,9,12,14,17,20H2,1-4H3/b21-18-,23-5-,28-22?. The summed E-state index contributed by atoms with van der Waals surface area (Å²) in [6, 6.07) is 7.15. The minimum Gasteiger partial charge on any atom is -0.299 e. The highest BCUT2D eigenvalue weighted by atomic mass is 32.3. The van der Waals surface area contributed by atoms with Gasteiger partial charge in [0.1, 0.15) is 12.1 Å². The van der Waals surface area contributed by atoms with Gasteiger partial charge >= 0.3 is 0 Å². The highest BCUT2D eigenvalue weighted by Gasteiger charge is 2.36. The second-order valence-electron chi connectivity index (χ2n) is 7.90. The van der Waals surface area contributed by atoms with Crippen molar-refractivity contribution in [2.75, 3.05) is 12.0 Å². The molecular formula is C26H34FNOS. The predicted molar refractivity (Wildman–Crippen MR) is 130 cm³/mol. The quantitative estimate of drug-likeness (QED) is 0.100. The summed E-state index contributed by atoms with van der Waals surface area (Å²) >= 11 is 0. The number of carbonyl (C=O) groups excluding carboxylic acids is 1. The van der Waals surface area contributed by atoms with E-state index < -0.39 is 10.2 Å². The molecule has 1 aromatic carbocycles. The molecule has 1 aliphatic rings. The average molecular weight is 428 g/mol. The van der Waals surface area contributed by atoms with Crippen molar-refractivity contribution in [2.24, 2.45) is 4.40 Å². The Hall–Kier alpha value is -2.16. The van der Waals surface area contributed by atoms with Crippen LogP contribution in [0.15, 0.2) is 69.8 Å². The van der Waals surface area contributed by atoms with Gasteiger partial charge in [-0.3, -0.25) is 4.79 Å². The lowest BCUT2D eigenvalue weighted by Gasteiger charge is -2.34. The molecule has 1 heterocycles. The Bertz CT molecular complexity index is 892. The number of unbranched alkanes of at least 4 members (excludes halogenated alkanes) is 1. The topological polar surface area (TPSA) is 29.4 Å². The van der Waals surface area contributed by atoms with Gasteiger partial charge < -0.3 is 0 Å². The fraction of sp³-hybridized carbons (Fsp3) is 0.423. The first-order chi connectivity index (χ1) is 14.4. The van der Waals surface area contributed by atoms with Crippen molar-refractivity contribution < 1.29 is 9.18 Å². The van der Waals surface area contributed by atoms with E-state index in [1.54, 1.807) is 18.2 Å². The third-order valence-electron chi connectivity index (χ3n) is 5.62. The van der Waals surface area contributed by atoms with Crippen LogP contribution >= 0.6 is 10.2 Å². The molecule has 0 amide bonds. The molecule has 0 aliphatic carbocycles. The van der Waals surface area contributed by atoms with E-state index in [-0.39, 0.29) is 11.1 Å². The number of aldehydes is 1. The summed E-state index contributed by atoms with van der Waals surface area (Å²) in [6.45, 7) is 5.99. The van der Waals surface area contributed by atoms with Crippen LogP contribution in [0.5, 0.6) is 0 Å². The minimum absolute atomic E-state index is 0.106. The van der Waals surface area contributed by atoms with Gasteiger partial charge in [-0.25, -0.2) is 8.79 Å². The van der Waals surface area contributed by atoms with Crippen molar-refractivity contribution in [2.45, 2.75) is 58.1 Å². The molecule has 2 nitrogen and oxygen atoms in total. The molecule has 2 unspecified atom stereocenters. The van der Waals surface area contributed by atoms with Crippen molar-refractivity contribution in [1.82, 2.24) is 0 Å². The Morgan fingerprint density at radius 1 is 1.33 bits per heavy atom. The van der Waals surface area contributed by atoms with E-state index in [1.165, 1.54) is 5.57 Å². The number of halogens is 1. The molecule has 1 aromatic rings. The zero-order chi connectivity index (χ0) is 22.0. The third-order valence-corrected chi connectivity index (χ3v) is 9.15. The van der Waals surface area contributed by atoms with Gasteiger partial charge in [-0.15, -0.1) is 15.9 Å². The fourth-order valence-corrected chi connectivity index (χ4v) is 7.40. The lowest BCUT2D eigenvalue weighted by molar-refractivity contribution is -0.104. The van der Waals surface area contributed by atoms with Crippen LogP contribution in [-0.4, -0.2) is 24.0 Å². The zero-order valence-electron chi connectivity index (χ0n) is 18.7. The molecule has 0 N–H and O–H groups in total. The second kappa shape index (κ2) is 11.9. The number of rotatable bonds is 9. The first kappa shape index (κ1) is 24.1. The van der Waals surface area contributed by atoms with Gasteiger partial charge in [0, 0.05) is 16.9 Å². The van der Waals surface area contributed by atoms with Gasteiger partial charge in [0.25, 0.3) is 0 Å². The first-order valence-electron chi connectivity index (χ1n) is 10.7. The monoisotopic (exact) mass is 427 g/mol. The van der Waals surface area contributed by atoms with Gasteiger partial charge in [0.2, 0.25) is 0 Å². The molecule has 1 fully saturated rings. The minimum atomic E-state index is -1.28. The molecule has 1 saturated heterocycles. The Labute approximate surface area is 182 Å². The number of carbonyl (C=O) groups is 1. The first-order valence-corrected chi connectivity index (χ1v) is 12.9. The van der Waals surface area contributed by atoms with Crippen LogP contribution in [-0.2, 0) is 4.79 Å². The molecule has 162 valence electrons. The van der Waals surface area contributed by atoms with Crippen LogP contribution in [0.4, 0.5) is 4.39 Å². The summed E-state index contributed by atoms with van der Waals surface area (Å²) in [7, 11) is -1.28. The van der Waals surface area contributed by atoms with Crippen LogP contribution in [0.2, 0.25) is 0 Å². The molecule has 30 heavy (non-hydrogen) atoms. The second-order valence-corrected chi connectivity index (χ2v) is 11.3. The maximum absolute atomic E-state index is 14.3. The van der Waals surface area contributed by atoms with Crippen molar-refractivity contribution in [3.63, 3.8) is 0 Å². The van der Waals surface area contributed by atoms with E-state index in [9.17, 15) is 9.18 Å². The molecule has 0 radical (unpaired) electrons.